The third-order valence-corrected chi connectivity index (χ3v) is 4.03. The molecule has 0 radical (unpaired) electrons. The minimum atomic E-state index is -0.412. The van der Waals surface area contributed by atoms with Crippen LogP contribution in [0.3, 0.4) is 0 Å². The number of methoxy groups -OCH3 is 2. The van der Waals surface area contributed by atoms with Gasteiger partial charge in [0.1, 0.15) is 11.5 Å². The van der Waals surface area contributed by atoms with Gasteiger partial charge in [-0.25, -0.2) is 0 Å². The SMILES string of the molecule is COc1ccc(OC)c(N[C@H](C)C(=O)c2c[nH]c3ccccc23)c1. The molecule has 124 valence electrons. The third kappa shape index (κ3) is 2.93. The van der Waals surface area contributed by atoms with Gasteiger partial charge in [0, 0.05) is 28.7 Å². The molecular formula is C19H20N2O3. The largest absolute Gasteiger partial charge is 0.497 e. The molecule has 0 fully saturated rings. The first-order chi connectivity index (χ1) is 11.6. The number of H-pyrrole nitrogens is 1. The Labute approximate surface area is 140 Å². The third-order valence-electron chi connectivity index (χ3n) is 4.03. The Morgan fingerprint density at radius 1 is 1.12 bits per heavy atom. The molecule has 0 aliphatic carbocycles. The van der Waals surface area contributed by atoms with Crippen molar-refractivity contribution in [1.82, 2.24) is 4.98 Å². The average molecular weight is 324 g/mol. The van der Waals surface area contributed by atoms with Crippen LogP contribution in [0.4, 0.5) is 5.69 Å². The Hall–Kier alpha value is -2.95. The second-order valence-electron chi connectivity index (χ2n) is 5.54. The van der Waals surface area contributed by atoms with E-state index in [1.807, 2.05) is 49.4 Å². The molecule has 5 heteroatoms. The van der Waals surface area contributed by atoms with Crippen LogP contribution < -0.4 is 14.8 Å². The van der Waals surface area contributed by atoms with Crippen molar-refractivity contribution in [2.75, 3.05) is 19.5 Å². The summed E-state index contributed by atoms with van der Waals surface area (Å²) in [7, 11) is 3.20. The van der Waals surface area contributed by atoms with Gasteiger partial charge in [0.25, 0.3) is 0 Å². The van der Waals surface area contributed by atoms with Gasteiger partial charge in [-0.3, -0.25) is 4.79 Å². The van der Waals surface area contributed by atoms with Gasteiger partial charge in [-0.2, -0.15) is 0 Å². The van der Waals surface area contributed by atoms with Crippen molar-refractivity contribution < 1.29 is 14.3 Å². The van der Waals surface area contributed by atoms with Crippen LogP contribution in [0.5, 0.6) is 11.5 Å². The Balaban J connectivity index is 1.87. The minimum absolute atomic E-state index is 0.0114. The molecule has 1 aromatic heterocycles. The summed E-state index contributed by atoms with van der Waals surface area (Å²) in [5.41, 5.74) is 2.34. The summed E-state index contributed by atoms with van der Waals surface area (Å²) in [6.07, 6.45) is 1.76. The normalized spacial score (nSPS) is 12.0. The summed E-state index contributed by atoms with van der Waals surface area (Å²) in [5.74, 6) is 1.37. The summed E-state index contributed by atoms with van der Waals surface area (Å²) in [5, 5.41) is 4.15. The lowest BCUT2D eigenvalue weighted by atomic mass is 10.0. The molecule has 3 aromatic rings. The van der Waals surface area contributed by atoms with E-state index in [4.69, 9.17) is 9.47 Å². The molecule has 0 unspecified atom stereocenters. The van der Waals surface area contributed by atoms with Crippen molar-refractivity contribution in [3.8, 4) is 11.5 Å². The fourth-order valence-corrected chi connectivity index (χ4v) is 2.73. The number of fused-ring (bicyclic) bond motifs is 1. The van der Waals surface area contributed by atoms with Crippen molar-refractivity contribution in [2.45, 2.75) is 13.0 Å². The Morgan fingerprint density at radius 2 is 1.92 bits per heavy atom. The van der Waals surface area contributed by atoms with E-state index in [1.54, 1.807) is 20.4 Å². The van der Waals surface area contributed by atoms with E-state index in [0.717, 1.165) is 16.6 Å². The van der Waals surface area contributed by atoms with Crippen LogP contribution in [0.1, 0.15) is 17.3 Å². The average Bonchev–Trinajstić information content (AvgIpc) is 3.05. The molecule has 1 atom stereocenters. The van der Waals surface area contributed by atoms with Gasteiger partial charge in [0.2, 0.25) is 0 Å². The second-order valence-corrected chi connectivity index (χ2v) is 5.54. The quantitative estimate of drug-likeness (QED) is 0.676. The fraction of sp³-hybridized carbons (Fsp3) is 0.211. The monoisotopic (exact) mass is 324 g/mol. The number of nitrogens with one attached hydrogen (secondary N) is 2. The predicted molar refractivity (Wildman–Crippen MR) is 95.3 cm³/mol. The molecule has 0 saturated carbocycles. The van der Waals surface area contributed by atoms with Crippen LogP contribution in [0.15, 0.2) is 48.7 Å². The van der Waals surface area contributed by atoms with Crippen molar-refractivity contribution in [2.24, 2.45) is 0 Å². The topological polar surface area (TPSA) is 63.4 Å². The molecule has 0 saturated heterocycles. The number of aromatic nitrogens is 1. The highest BCUT2D eigenvalue weighted by molar-refractivity contribution is 6.11. The lowest BCUT2D eigenvalue weighted by Crippen LogP contribution is -2.26. The standard InChI is InChI=1S/C19H20N2O3/c1-12(21-17-10-13(23-2)8-9-18(17)24-3)19(22)15-11-20-16-7-5-4-6-14(15)16/h4-12,20-21H,1-3H3/t12-/m1/s1. The van der Waals surface area contributed by atoms with Gasteiger partial charge in [0.15, 0.2) is 5.78 Å². The molecule has 1 heterocycles. The van der Waals surface area contributed by atoms with Crippen LogP contribution in [0, 0.1) is 0 Å². The summed E-state index contributed by atoms with van der Waals surface area (Å²) >= 11 is 0. The summed E-state index contributed by atoms with van der Waals surface area (Å²) in [4.78, 5) is 16.0. The van der Waals surface area contributed by atoms with Gasteiger partial charge < -0.3 is 19.8 Å². The number of Topliss-reactive ketones (excluding diaryl/α,β-unsaturated/α-hetero) is 1. The first-order valence-corrected chi connectivity index (χ1v) is 7.73. The lowest BCUT2D eigenvalue weighted by Gasteiger charge is -2.17. The molecular weight excluding hydrogens is 304 g/mol. The maximum Gasteiger partial charge on any atom is 0.186 e. The number of hydrogen-bond donors (Lipinski definition) is 2. The second kappa shape index (κ2) is 6.66. The lowest BCUT2D eigenvalue weighted by molar-refractivity contribution is 0.0977. The molecule has 0 bridgehead atoms. The van der Waals surface area contributed by atoms with Gasteiger partial charge in [-0.05, 0) is 25.1 Å². The summed E-state index contributed by atoms with van der Waals surface area (Å²) in [6, 6.07) is 12.8. The van der Waals surface area contributed by atoms with Crippen LogP contribution in [0.25, 0.3) is 10.9 Å². The number of ether oxygens (including phenoxy) is 2. The minimum Gasteiger partial charge on any atom is -0.497 e. The van der Waals surface area contributed by atoms with E-state index in [-0.39, 0.29) is 5.78 Å². The van der Waals surface area contributed by atoms with Crippen molar-refractivity contribution in [3.63, 3.8) is 0 Å². The zero-order valence-electron chi connectivity index (χ0n) is 13.9. The Morgan fingerprint density at radius 3 is 2.67 bits per heavy atom. The van der Waals surface area contributed by atoms with Crippen LogP contribution in [0.2, 0.25) is 0 Å². The molecule has 0 amide bonds. The number of hydrogen-bond acceptors (Lipinski definition) is 4. The van der Waals surface area contributed by atoms with Crippen LogP contribution in [-0.4, -0.2) is 31.0 Å². The molecule has 0 aliphatic rings. The Kier molecular flexibility index (Phi) is 4.42. The number of carbonyl (C=O) groups is 1. The van der Waals surface area contributed by atoms with Crippen LogP contribution >= 0.6 is 0 Å². The molecule has 0 spiro atoms. The number of rotatable bonds is 6. The number of anilines is 1. The molecule has 3 rings (SSSR count). The van der Waals surface area contributed by atoms with Gasteiger partial charge in [-0.15, -0.1) is 0 Å². The predicted octanol–water partition coefficient (Wildman–Crippen LogP) is 3.87. The van der Waals surface area contributed by atoms with Crippen molar-refractivity contribution in [1.29, 1.82) is 0 Å². The molecule has 2 aromatic carbocycles. The van der Waals surface area contributed by atoms with Gasteiger partial charge in [-0.1, -0.05) is 18.2 Å². The highest BCUT2D eigenvalue weighted by atomic mass is 16.5. The van der Waals surface area contributed by atoms with E-state index in [0.29, 0.717) is 17.1 Å². The number of para-hydroxylation sites is 1. The number of ketones is 1. The van der Waals surface area contributed by atoms with Gasteiger partial charge in [0.05, 0.1) is 25.9 Å². The summed E-state index contributed by atoms with van der Waals surface area (Å²) in [6.45, 7) is 1.84. The summed E-state index contributed by atoms with van der Waals surface area (Å²) < 4.78 is 10.6. The van der Waals surface area contributed by atoms with E-state index >= 15 is 0 Å². The van der Waals surface area contributed by atoms with E-state index < -0.39 is 6.04 Å². The van der Waals surface area contributed by atoms with Crippen LogP contribution in [-0.2, 0) is 0 Å². The fourth-order valence-electron chi connectivity index (χ4n) is 2.73. The van der Waals surface area contributed by atoms with Gasteiger partial charge >= 0.3 is 0 Å². The molecule has 5 nitrogen and oxygen atoms in total. The first kappa shape index (κ1) is 15.9. The molecule has 0 aliphatic heterocycles. The zero-order valence-corrected chi connectivity index (χ0v) is 13.9. The maximum atomic E-state index is 12.8. The molecule has 24 heavy (non-hydrogen) atoms. The van der Waals surface area contributed by atoms with Crippen molar-refractivity contribution >= 4 is 22.4 Å². The van der Waals surface area contributed by atoms with E-state index in [9.17, 15) is 4.79 Å². The smallest absolute Gasteiger partial charge is 0.186 e. The highest BCUT2D eigenvalue weighted by Gasteiger charge is 2.20. The molecule has 2 N–H and O–H groups in total. The number of carbonyl (C=O) groups excluding carboxylic acids is 1. The van der Waals surface area contributed by atoms with E-state index in [2.05, 4.69) is 10.3 Å². The van der Waals surface area contributed by atoms with Crippen molar-refractivity contribution in [3.05, 3.63) is 54.2 Å². The number of benzene rings is 2. The highest BCUT2D eigenvalue weighted by Crippen LogP contribution is 2.30. The number of aromatic amines is 1. The first-order valence-electron chi connectivity index (χ1n) is 7.73. The van der Waals surface area contributed by atoms with E-state index in [1.165, 1.54) is 0 Å². The maximum absolute atomic E-state index is 12.8. The zero-order chi connectivity index (χ0) is 17.1. The Bertz CT molecular complexity index is 870.